The summed E-state index contributed by atoms with van der Waals surface area (Å²) in [5.41, 5.74) is 2.40. The molecule has 0 aliphatic rings. The molecule has 0 saturated heterocycles. The first-order chi connectivity index (χ1) is 11.2. The van der Waals surface area contributed by atoms with Crippen molar-refractivity contribution in [2.24, 2.45) is 5.10 Å². The molecule has 1 aromatic heterocycles. The van der Waals surface area contributed by atoms with Gasteiger partial charge in [0.15, 0.2) is 10.4 Å². The average Bonchev–Trinajstić information content (AvgIpc) is 2.98. The number of carbonyl (C=O) groups is 1. The second kappa shape index (κ2) is 7.28. The number of hydrazone groups is 1. The third-order valence-corrected chi connectivity index (χ3v) is 3.66. The van der Waals surface area contributed by atoms with Gasteiger partial charge in [-0.3, -0.25) is 4.79 Å². The fourth-order valence-corrected chi connectivity index (χ4v) is 2.50. The number of amides is 1. The van der Waals surface area contributed by atoms with Crippen LogP contribution in [0.2, 0.25) is 0 Å². The highest BCUT2D eigenvalue weighted by molar-refractivity contribution is 14.1. The van der Waals surface area contributed by atoms with Gasteiger partial charge >= 0.3 is 0 Å². The van der Waals surface area contributed by atoms with Gasteiger partial charge in [0.2, 0.25) is 0 Å². The molecular weight excluding hydrogens is 407 g/mol. The van der Waals surface area contributed by atoms with Crippen LogP contribution in [0.15, 0.2) is 64.1 Å². The van der Waals surface area contributed by atoms with Crippen molar-refractivity contribution in [2.45, 2.75) is 0 Å². The van der Waals surface area contributed by atoms with E-state index in [0.717, 1.165) is 14.5 Å². The van der Waals surface area contributed by atoms with E-state index in [1.165, 1.54) is 6.21 Å². The summed E-state index contributed by atoms with van der Waals surface area (Å²) in [6.07, 6.45) is 1.44. The Morgan fingerprint density at radius 3 is 2.83 bits per heavy atom. The van der Waals surface area contributed by atoms with E-state index in [9.17, 15) is 4.79 Å². The fraction of sp³-hybridized carbons (Fsp3) is 0.0588. The van der Waals surface area contributed by atoms with E-state index in [0.29, 0.717) is 11.5 Å². The second-order valence-corrected chi connectivity index (χ2v) is 5.76. The van der Waals surface area contributed by atoms with Crippen LogP contribution in [0.1, 0.15) is 5.76 Å². The van der Waals surface area contributed by atoms with Gasteiger partial charge in [0.1, 0.15) is 11.5 Å². The molecule has 23 heavy (non-hydrogen) atoms. The normalized spacial score (nSPS) is 11.0. The molecule has 3 aromatic rings. The molecule has 2 aromatic carbocycles. The summed E-state index contributed by atoms with van der Waals surface area (Å²) in [6, 6.07) is 17.2. The van der Waals surface area contributed by atoms with E-state index < -0.39 is 0 Å². The number of hydrogen-bond donors (Lipinski definition) is 1. The van der Waals surface area contributed by atoms with Gasteiger partial charge < -0.3 is 9.15 Å². The number of fused-ring (bicyclic) bond motifs is 1. The van der Waals surface area contributed by atoms with Gasteiger partial charge in [-0.2, -0.15) is 5.10 Å². The summed E-state index contributed by atoms with van der Waals surface area (Å²) in [5.74, 6) is 0.905. The molecular formula is C17H13IN2O3. The number of ether oxygens (including phenoxy) is 1. The number of hydrogen-bond acceptors (Lipinski definition) is 4. The molecule has 0 saturated carbocycles. The first-order valence-corrected chi connectivity index (χ1v) is 7.98. The Labute approximate surface area is 146 Å². The third-order valence-electron chi connectivity index (χ3n) is 3.08. The van der Waals surface area contributed by atoms with Gasteiger partial charge in [0.25, 0.3) is 5.91 Å². The minimum Gasteiger partial charge on any atom is -0.483 e. The quantitative estimate of drug-likeness (QED) is 0.390. The number of benzene rings is 2. The zero-order valence-corrected chi connectivity index (χ0v) is 14.2. The number of rotatable bonds is 5. The Balaban J connectivity index is 1.57. The molecule has 0 unspecified atom stereocenters. The highest BCUT2D eigenvalue weighted by Crippen LogP contribution is 2.24. The maximum atomic E-state index is 11.8. The van der Waals surface area contributed by atoms with Crippen molar-refractivity contribution < 1.29 is 13.9 Å². The van der Waals surface area contributed by atoms with Crippen molar-refractivity contribution in [2.75, 3.05) is 6.61 Å². The molecule has 5 nitrogen and oxygen atoms in total. The van der Waals surface area contributed by atoms with Crippen LogP contribution < -0.4 is 10.2 Å². The highest BCUT2D eigenvalue weighted by Gasteiger charge is 2.05. The van der Waals surface area contributed by atoms with Gasteiger partial charge in [-0.25, -0.2) is 5.43 Å². The SMILES string of the molecule is O=C(COc1cccc2ccccc12)NN=Cc1ccc(I)o1. The number of carbonyl (C=O) groups excluding carboxylic acids is 1. The Hall–Kier alpha value is -2.35. The lowest BCUT2D eigenvalue weighted by molar-refractivity contribution is -0.123. The maximum absolute atomic E-state index is 11.8. The molecule has 0 radical (unpaired) electrons. The molecule has 0 aliphatic heterocycles. The molecule has 1 amide bonds. The second-order valence-electron chi connectivity index (χ2n) is 4.70. The van der Waals surface area contributed by atoms with Crippen molar-refractivity contribution in [3.05, 3.63) is 64.1 Å². The highest BCUT2D eigenvalue weighted by atomic mass is 127. The van der Waals surface area contributed by atoms with Crippen LogP contribution in [0.25, 0.3) is 10.8 Å². The van der Waals surface area contributed by atoms with Crippen LogP contribution in [0.3, 0.4) is 0 Å². The van der Waals surface area contributed by atoms with Crippen LogP contribution in [0.5, 0.6) is 5.75 Å². The molecule has 116 valence electrons. The zero-order chi connectivity index (χ0) is 16.1. The molecule has 6 heteroatoms. The first-order valence-electron chi connectivity index (χ1n) is 6.90. The number of nitrogens with zero attached hydrogens (tertiary/aromatic N) is 1. The monoisotopic (exact) mass is 420 g/mol. The van der Waals surface area contributed by atoms with Gasteiger partial charge in [-0.1, -0.05) is 36.4 Å². The third kappa shape index (κ3) is 4.10. The Morgan fingerprint density at radius 1 is 1.17 bits per heavy atom. The van der Waals surface area contributed by atoms with Gasteiger partial charge in [0.05, 0.1) is 6.21 Å². The lowest BCUT2D eigenvalue weighted by atomic mass is 10.1. The van der Waals surface area contributed by atoms with E-state index in [1.807, 2.05) is 48.5 Å². The molecule has 1 N–H and O–H groups in total. The van der Waals surface area contributed by atoms with Crippen molar-refractivity contribution in [3.63, 3.8) is 0 Å². The predicted octanol–water partition coefficient (Wildman–Crippen LogP) is 3.57. The Bertz CT molecular complexity index is 852. The summed E-state index contributed by atoms with van der Waals surface area (Å²) in [4.78, 5) is 11.8. The maximum Gasteiger partial charge on any atom is 0.277 e. The van der Waals surface area contributed by atoms with Crippen molar-refractivity contribution in [3.8, 4) is 5.75 Å². The predicted molar refractivity (Wildman–Crippen MR) is 96.6 cm³/mol. The summed E-state index contributed by atoms with van der Waals surface area (Å²) >= 11 is 2.06. The average molecular weight is 420 g/mol. The zero-order valence-electron chi connectivity index (χ0n) is 12.0. The standard InChI is InChI=1S/C17H13IN2O3/c18-16-9-8-13(23-16)10-19-20-17(21)11-22-15-7-3-5-12-4-1-2-6-14(12)15/h1-10H,11H2,(H,20,21). The van der Waals surface area contributed by atoms with E-state index in [4.69, 9.17) is 9.15 Å². The van der Waals surface area contributed by atoms with Gasteiger partial charge in [-0.15, -0.1) is 0 Å². The van der Waals surface area contributed by atoms with Crippen molar-refractivity contribution in [1.29, 1.82) is 0 Å². The molecule has 0 bridgehead atoms. The molecule has 0 spiro atoms. The minimum atomic E-state index is -0.338. The van der Waals surface area contributed by atoms with Crippen LogP contribution in [0.4, 0.5) is 0 Å². The largest absolute Gasteiger partial charge is 0.483 e. The Kier molecular flexibility index (Phi) is 4.92. The topological polar surface area (TPSA) is 63.8 Å². The van der Waals surface area contributed by atoms with Crippen LogP contribution in [-0.2, 0) is 4.79 Å². The lowest BCUT2D eigenvalue weighted by Gasteiger charge is -2.08. The number of nitrogens with one attached hydrogen (secondary N) is 1. The lowest BCUT2D eigenvalue weighted by Crippen LogP contribution is -2.24. The van der Waals surface area contributed by atoms with Crippen LogP contribution in [-0.4, -0.2) is 18.7 Å². The van der Waals surface area contributed by atoms with E-state index in [-0.39, 0.29) is 12.5 Å². The number of furan rings is 1. The summed E-state index contributed by atoms with van der Waals surface area (Å²) in [6.45, 7) is -0.110. The van der Waals surface area contributed by atoms with E-state index >= 15 is 0 Å². The summed E-state index contributed by atoms with van der Waals surface area (Å²) in [7, 11) is 0. The van der Waals surface area contributed by atoms with Crippen LogP contribution in [0, 0.1) is 3.77 Å². The Morgan fingerprint density at radius 2 is 2.00 bits per heavy atom. The van der Waals surface area contributed by atoms with Crippen molar-refractivity contribution >= 4 is 45.5 Å². The number of halogens is 1. The fourth-order valence-electron chi connectivity index (χ4n) is 2.06. The summed E-state index contributed by atoms with van der Waals surface area (Å²) in [5, 5.41) is 5.86. The molecule has 1 heterocycles. The smallest absolute Gasteiger partial charge is 0.277 e. The van der Waals surface area contributed by atoms with Gasteiger partial charge in [0, 0.05) is 5.39 Å². The minimum absolute atomic E-state index is 0.110. The summed E-state index contributed by atoms with van der Waals surface area (Å²) < 4.78 is 11.6. The molecule has 0 fully saturated rings. The van der Waals surface area contributed by atoms with E-state index in [2.05, 4.69) is 33.1 Å². The van der Waals surface area contributed by atoms with Crippen LogP contribution >= 0.6 is 22.6 Å². The van der Waals surface area contributed by atoms with E-state index in [1.54, 1.807) is 6.07 Å². The first kappa shape index (κ1) is 15.5. The van der Waals surface area contributed by atoms with Gasteiger partial charge in [-0.05, 0) is 46.2 Å². The van der Waals surface area contributed by atoms with Crippen molar-refractivity contribution in [1.82, 2.24) is 5.43 Å². The molecule has 0 aliphatic carbocycles. The molecule has 3 rings (SSSR count). The molecule has 0 atom stereocenters.